The Balaban J connectivity index is 2.08. The first-order valence-corrected chi connectivity index (χ1v) is 8.58. The van der Waals surface area contributed by atoms with Crippen LogP contribution >= 0.6 is 11.5 Å². The minimum Gasteiger partial charge on any atom is -0.382 e. The second kappa shape index (κ2) is 8.03. The third-order valence-corrected chi connectivity index (χ3v) is 4.69. The van der Waals surface area contributed by atoms with E-state index < -0.39 is 0 Å². The van der Waals surface area contributed by atoms with E-state index in [1.807, 2.05) is 18.2 Å². The molecule has 0 radical (unpaired) electrons. The van der Waals surface area contributed by atoms with Crippen molar-refractivity contribution in [2.24, 2.45) is 5.92 Å². The predicted molar refractivity (Wildman–Crippen MR) is 93.8 cm³/mol. The molecule has 1 unspecified atom stereocenters. The van der Waals surface area contributed by atoms with Gasteiger partial charge in [-0.25, -0.2) is 0 Å². The number of nitrogens with two attached hydrogens (primary N) is 1. The van der Waals surface area contributed by atoms with Crippen molar-refractivity contribution < 1.29 is 0 Å². The van der Waals surface area contributed by atoms with Crippen molar-refractivity contribution >= 4 is 22.4 Å². The highest BCUT2D eigenvalue weighted by Crippen LogP contribution is 2.36. The van der Waals surface area contributed by atoms with Crippen LogP contribution in [0.5, 0.6) is 0 Å². The minimum atomic E-state index is 0.621. The molecule has 21 heavy (non-hydrogen) atoms. The maximum atomic E-state index is 6.05. The fourth-order valence-corrected chi connectivity index (χ4v) is 3.23. The van der Waals surface area contributed by atoms with Crippen molar-refractivity contribution in [2.45, 2.75) is 39.5 Å². The Kier molecular flexibility index (Phi) is 6.05. The average Bonchev–Trinajstić information content (AvgIpc) is 2.89. The largest absolute Gasteiger partial charge is 0.382 e. The molecule has 1 aromatic heterocycles. The smallest absolute Gasteiger partial charge is 0.147 e. The van der Waals surface area contributed by atoms with Crippen LogP contribution in [0, 0.1) is 5.92 Å². The number of nitrogens with one attached hydrogen (secondary N) is 1. The molecule has 3 N–H and O–H groups in total. The Morgan fingerprint density at radius 2 is 2.00 bits per heavy atom. The summed E-state index contributed by atoms with van der Waals surface area (Å²) in [6, 6.07) is 10.3. The van der Waals surface area contributed by atoms with Gasteiger partial charge >= 0.3 is 0 Å². The fraction of sp³-hybridized carbons (Fsp3) is 0.471. The fourth-order valence-electron chi connectivity index (χ4n) is 2.49. The number of anilines is 2. The Bertz CT molecular complexity index is 536. The monoisotopic (exact) mass is 303 g/mol. The lowest BCUT2D eigenvalue weighted by atomic mass is 9.99. The second-order valence-electron chi connectivity index (χ2n) is 5.44. The van der Waals surface area contributed by atoms with Crippen LogP contribution in [0.4, 0.5) is 10.8 Å². The molecule has 0 saturated heterocycles. The first kappa shape index (κ1) is 15.8. The Hall–Kier alpha value is -1.55. The van der Waals surface area contributed by atoms with Gasteiger partial charge in [0.25, 0.3) is 0 Å². The molecule has 0 saturated carbocycles. The first-order chi connectivity index (χ1) is 10.3. The van der Waals surface area contributed by atoms with E-state index in [4.69, 9.17) is 5.73 Å². The highest BCUT2D eigenvalue weighted by atomic mass is 32.1. The van der Waals surface area contributed by atoms with Gasteiger partial charge in [0.2, 0.25) is 0 Å². The Morgan fingerprint density at radius 1 is 1.24 bits per heavy atom. The maximum Gasteiger partial charge on any atom is 0.147 e. The van der Waals surface area contributed by atoms with E-state index in [1.165, 1.54) is 37.2 Å². The molecule has 0 bridgehead atoms. The van der Waals surface area contributed by atoms with E-state index in [1.54, 1.807) is 0 Å². The van der Waals surface area contributed by atoms with Gasteiger partial charge in [0.15, 0.2) is 0 Å². The summed E-state index contributed by atoms with van der Waals surface area (Å²) in [5.41, 5.74) is 8.23. The minimum absolute atomic E-state index is 0.621. The van der Waals surface area contributed by atoms with Crippen molar-refractivity contribution in [3.8, 4) is 11.1 Å². The molecule has 4 heteroatoms. The van der Waals surface area contributed by atoms with Gasteiger partial charge in [0.05, 0.1) is 5.56 Å². The third kappa shape index (κ3) is 4.21. The van der Waals surface area contributed by atoms with Crippen LogP contribution in [0.2, 0.25) is 0 Å². The molecule has 0 amide bonds. The number of hydrogen-bond acceptors (Lipinski definition) is 4. The highest BCUT2D eigenvalue weighted by Gasteiger charge is 2.14. The zero-order chi connectivity index (χ0) is 15.1. The number of benzene rings is 1. The predicted octanol–water partition coefficient (Wildman–Crippen LogP) is 5.02. The quantitative estimate of drug-likeness (QED) is 0.720. The summed E-state index contributed by atoms with van der Waals surface area (Å²) in [6.45, 7) is 5.51. The Labute approximate surface area is 131 Å². The molecule has 0 spiro atoms. The number of hydrogen-bond donors (Lipinski definition) is 2. The average molecular weight is 303 g/mol. The summed E-state index contributed by atoms with van der Waals surface area (Å²) in [6.07, 6.45) is 5.06. The molecule has 2 aromatic rings. The van der Waals surface area contributed by atoms with Crippen LogP contribution in [-0.4, -0.2) is 10.9 Å². The van der Waals surface area contributed by atoms with Gasteiger partial charge in [-0.2, -0.15) is 4.37 Å². The van der Waals surface area contributed by atoms with Crippen molar-refractivity contribution in [2.75, 3.05) is 17.6 Å². The third-order valence-electron chi connectivity index (χ3n) is 3.88. The number of rotatable bonds is 8. The van der Waals surface area contributed by atoms with E-state index in [-0.39, 0.29) is 0 Å². The van der Waals surface area contributed by atoms with Gasteiger partial charge in [-0.15, -0.1) is 0 Å². The van der Waals surface area contributed by atoms with E-state index in [2.05, 4.69) is 35.7 Å². The van der Waals surface area contributed by atoms with E-state index in [0.717, 1.165) is 28.6 Å². The van der Waals surface area contributed by atoms with E-state index in [9.17, 15) is 0 Å². The molecule has 3 nitrogen and oxygen atoms in total. The lowest BCUT2D eigenvalue weighted by Gasteiger charge is -2.16. The van der Waals surface area contributed by atoms with Gasteiger partial charge in [0, 0.05) is 6.54 Å². The topological polar surface area (TPSA) is 50.9 Å². The van der Waals surface area contributed by atoms with Crippen molar-refractivity contribution in [1.29, 1.82) is 0 Å². The summed E-state index contributed by atoms with van der Waals surface area (Å²) >= 11 is 1.46. The lowest BCUT2D eigenvalue weighted by Crippen LogP contribution is -2.13. The Morgan fingerprint density at radius 3 is 2.67 bits per heavy atom. The molecular weight excluding hydrogens is 278 g/mol. The lowest BCUT2D eigenvalue weighted by molar-refractivity contribution is 0.473. The zero-order valence-electron chi connectivity index (χ0n) is 12.9. The summed E-state index contributed by atoms with van der Waals surface area (Å²) in [4.78, 5) is 0. The molecule has 1 heterocycles. The molecule has 2 rings (SSSR count). The van der Waals surface area contributed by atoms with E-state index in [0.29, 0.717) is 5.82 Å². The van der Waals surface area contributed by atoms with Crippen molar-refractivity contribution in [3.63, 3.8) is 0 Å². The number of nitrogens with zero attached hydrogens (tertiary/aromatic N) is 1. The first-order valence-electron chi connectivity index (χ1n) is 7.80. The van der Waals surface area contributed by atoms with Crippen molar-refractivity contribution in [1.82, 2.24) is 4.37 Å². The van der Waals surface area contributed by atoms with Gasteiger partial charge < -0.3 is 11.1 Å². The SMILES string of the molecule is CCCCC(CC)CNc1snc(N)c1-c1ccccc1. The second-order valence-corrected chi connectivity index (χ2v) is 6.21. The molecule has 0 aliphatic rings. The van der Waals surface area contributed by atoms with Gasteiger partial charge in [-0.05, 0) is 29.4 Å². The van der Waals surface area contributed by atoms with E-state index >= 15 is 0 Å². The highest BCUT2D eigenvalue weighted by molar-refractivity contribution is 7.11. The van der Waals surface area contributed by atoms with Crippen LogP contribution in [0.3, 0.4) is 0 Å². The molecule has 0 aliphatic heterocycles. The van der Waals surface area contributed by atoms with Crippen LogP contribution < -0.4 is 11.1 Å². The van der Waals surface area contributed by atoms with Crippen LogP contribution in [0.1, 0.15) is 39.5 Å². The van der Waals surface area contributed by atoms with Gasteiger partial charge in [-0.3, -0.25) is 0 Å². The summed E-state index contributed by atoms with van der Waals surface area (Å²) in [5, 5.41) is 4.66. The molecule has 0 aliphatic carbocycles. The molecule has 1 atom stereocenters. The molecular formula is C17H25N3S. The van der Waals surface area contributed by atoms with Crippen LogP contribution in [0.25, 0.3) is 11.1 Å². The number of aromatic nitrogens is 1. The zero-order valence-corrected chi connectivity index (χ0v) is 13.7. The van der Waals surface area contributed by atoms with Crippen molar-refractivity contribution in [3.05, 3.63) is 30.3 Å². The summed E-state index contributed by atoms with van der Waals surface area (Å²) in [5.74, 6) is 1.34. The molecule has 1 aromatic carbocycles. The van der Waals surface area contributed by atoms with Gasteiger partial charge in [-0.1, -0.05) is 63.4 Å². The number of unbranched alkanes of at least 4 members (excludes halogenated alkanes) is 1. The normalized spacial score (nSPS) is 12.3. The molecule has 114 valence electrons. The standard InChI is InChI=1S/C17H25N3S/c1-3-5-9-13(4-2)12-19-17-15(16(18)20-21-17)14-10-7-6-8-11-14/h6-8,10-11,13,19H,3-5,9,12H2,1-2H3,(H2,18,20). The van der Waals surface area contributed by atoms with Gasteiger partial charge in [0.1, 0.15) is 10.8 Å². The van der Waals surface area contributed by atoms with Crippen LogP contribution in [-0.2, 0) is 0 Å². The molecule has 0 fully saturated rings. The van der Waals surface area contributed by atoms with Crippen LogP contribution in [0.15, 0.2) is 30.3 Å². The summed E-state index contributed by atoms with van der Waals surface area (Å²) in [7, 11) is 0. The number of nitrogen functional groups attached to an aromatic ring is 1. The maximum absolute atomic E-state index is 6.05. The summed E-state index contributed by atoms with van der Waals surface area (Å²) < 4.78 is 4.32.